The molecule has 0 radical (unpaired) electrons. The predicted molar refractivity (Wildman–Crippen MR) is 130 cm³/mol. The first-order valence-corrected chi connectivity index (χ1v) is 12.3. The van der Waals surface area contributed by atoms with Crippen LogP contribution in [-0.2, 0) is 15.9 Å². The summed E-state index contributed by atoms with van der Waals surface area (Å²) >= 11 is 11.3. The second-order valence-corrected chi connectivity index (χ2v) is 10.3. The number of thiol groups is 1. The molecule has 2 aromatic carbocycles. The van der Waals surface area contributed by atoms with Crippen LogP contribution in [0.2, 0.25) is 5.02 Å². The second-order valence-electron chi connectivity index (χ2n) is 9.12. The molecule has 2 aliphatic rings. The van der Waals surface area contributed by atoms with Crippen LogP contribution in [0.25, 0.3) is 0 Å². The fourth-order valence-electron chi connectivity index (χ4n) is 4.04. The van der Waals surface area contributed by atoms with E-state index in [1.54, 1.807) is 0 Å². The molecule has 1 aliphatic heterocycles. The van der Waals surface area contributed by atoms with E-state index in [1.165, 1.54) is 24.0 Å². The average molecular weight is 461 g/mol. The normalized spacial score (nSPS) is 23.8. The molecule has 1 unspecified atom stereocenters. The van der Waals surface area contributed by atoms with Crippen molar-refractivity contribution in [3.63, 3.8) is 0 Å². The molecule has 5 heteroatoms. The van der Waals surface area contributed by atoms with Gasteiger partial charge in [0.05, 0.1) is 24.9 Å². The van der Waals surface area contributed by atoms with Crippen molar-refractivity contribution in [1.29, 1.82) is 0 Å². The summed E-state index contributed by atoms with van der Waals surface area (Å²) in [7, 11) is 0. The summed E-state index contributed by atoms with van der Waals surface area (Å²) in [4.78, 5) is 0. The maximum Gasteiger partial charge on any atom is 0.119 e. The number of benzene rings is 2. The van der Waals surface area contributed by atoms with Gasteiger partial charge in [-0.15, -0.1) is 0 Å². The van der Waals surface area contributed by atoms with Gasteiger partial charge in [0.15, 0.2) is 0 Å². The maximum atomic E-state index is 6.54. The molecular weight excluding hydrogens is 428 g/mol. The first kappa shape index (κ1) is 23.0. The third-order valence-corrected chi connectivity index (χ3v) is 6.85. The van der Waals surface area contributed by atoms with E-state index in [9.17, 15) is 0 Å². The Kier molecular flexibility index (Phi) is 7.86. The van der Waals surface area contributed by atoms with Crippen LogP contribution in [-0.4, -0.2) is 30.7 Å². The van der Waals surface area contributed by atoms with Crippen LogP contribution in [0.3, 0.4) is 0 Å². The fourth-order valence-corrected chi connectivity index (χ4v) is 4.62. The maximum absolute atomic E-state index is 6.54. The molecule has 3 atom stereocenters. The summed E-state index contributed by atoms with van der Waals surface area (Å²) in [6, 6.07) is 14.6. The first-order valence-electron chi connectivity index (χ1n) is 11.4. The Bertz CT molecular complexity index is 850. The van der Waals surface area contributed by atoms with Crippen molar-refractivity contribution >= 4 is 24.2 Å². The minimum Gasteiger partial charge on any atom is -0.491 e. The van der Waals surface area contributed by atoms with Crippen molar-refractivity contribution in [3.8, 4) is 5.75 Å². The van der Waals surface area contributed by atoms with Crippen LogP contribution in [0.15, 0.2) is 42.5 Å². The highest BCUT2D eigenvalue weighted by Crippen LogP contribution is 2.37. The predicted octanol–water partition coefficient (Wildman–Crippen LogP) is 6.66. The Labute approximate surface area is 196 Å². The molecule has 1 saturated heterocycles. The van der Waals surface area contributed by atoms with Gasteiger partial charge in [0, 0.05) is 10.3 Å². The molecule has 1 saturated carbocycles. The Hall–Kier alpha value is -1.20. The number of halogens is 1. The third kappa shape index (κ3) is 6.64. The van der Waals surface area contributed by atoms with E-state index in [4.69, 9.17) is 38.4 Å². The summed E-state index contributed by atoms with van der Waals surface area (Å²) in [5, 5.41) is 1.16. The van der Waals surface area contributed by atoms with E-state index in [2.05, 4.69) is 38.1 Å². The van der Waals surface area contributed by atoms with Gasteiger partial charge in [-0.25, -0.2) is 0 Å². The lowest BCUT2D eigenvalue weighted by Gasteiger charge is -2.36. The molecule has 3 nitrogen and oxygen atoms in total. The Morgan fingerprint density at radius 3 is 2.55 bits per heavy atom. The number of rotatable bonds is 9. The molecule has 1 heterocycles. The van der Waals surface area contributed by atoms with Crippen LogP contribution in [0.1, 0.15) is 62.3 Å². The average Bonchev–Trinajstić information content (AvgIpc) is 3.58. The first-order chi connectivity index (χ1) is 15.0. The molecule has 4 rings (SSSR count). The lowest BCUT2D eigenvalue weighted by atomic mass is 9.92. The van der Waals surface area contributed by atoms with E-state index in [-0.39, 0.29) is 12.2 Å². The van der Waals surface area contributed by atoms with Crippen LogP contribution in [0.4, 0.5) is 0 Å². The molecule has 0 amide bonds. The van der Waals surface area contributed by atoms with Gasteiger partial charge >= 0.3 is 0 Å². The van der Waals surface area contributed by atoms with Gasteiger partial charge in [0.25, 0.3) is 0 Å². The smallest absolute Gasteiger partial charge is 0.119 e. The molecule has 0 aromatic heterocycles. The van der Waals surface area contributed by atoms with Gasteiger partial charge in [-0.1, -0.05) is 49.7 Å². The SMILES string of the molecule is CC(C)C1C[C@H](S)C[C@H](c2ccc(Cl)c(Cc3ccc(OCCOC4CC4)cc3)c2)O1. The summed E-state index contributed by atoms with van der Waals surface area (Å²) < 4.78 is 17.8. The van der Waals surface area contributed by atoms with Crippen molar-refractivity contribution in [2.24, 2.45) is 5.92 Å². The van der Waals surface area contributed by atoms with Crippen molar-refractivity contribution in [2.75, 3.05) is 13.2 Å². The van der Waals surface area contributed by atoms with Crippen LogP contribution >= 0.6 is 24.2 Å². The highest BCUT2D eigenvalue weighted by atomic mass is 35.5. The Balaban J connectivity index is 1.37. The molecule has 0 N–H and O–H groups in total. The minimum atomic E-state index is 0.0771. The second kappa shape index (κ2) is 10.6. The van der Waals surface area contributed by atoms with Gasteiger partial charge in [-0.3, -0.25) is 0 Å². The summed E-state index contributed by atoms with van der Waals surface area (Å²) in [6.45, 7) is 5.68. The van der Waals surface area contributed by atoms with Crippen molar-refractivity contribution in [2.45, 2.75) is 69.5 Å². The molecular formula is C26H33ClO3S. The summed E-state index contributed by atoms with van der Waals surface area (Å²) in [5.41, 5.74) is 3.52. The third-order valence-electron chi connectivity index (χ3n) is 6.06. The van der Waals surface area contributed by atoms with Crippen molar-refractivity contribution < 1.29 is 14.2 Å². The minimum absolute atomic E-state index is 0.0771. The lowest BCUT2D eigenvalue weighted by molar-refractivity contribution is -0.0699. The van der Waals surface area contributed by atoms with Crippen LogP contribution < -0.4 is 4.74 Å². The summed E-state index contributed by atoms with van der Waals surface area (Å²) in [6.07, 6.45) is 5.92. The van der Waals surface area contributed by atoms with Gasteiger partial charge in [0.2, 0.25) is 0 Å². The Morgan fingerprint density at radius 1 is 1.06 bits per heavy atom. The zero-order chi connectivity index (χ0) is 21.8. The lowest BCUT2D eigenvalue weighted by Crippen LogP contribution is -2.32. The van der Waals surface area contributed by atoms with Gasteiger partial charge in [0.1, 0.15) is 12.4 Å². The highest BCUT2D eigenvalue weighted by molar-refractivity contribution is 7.80. The van der Waals surface area contributed by atoms with E-state index in [0.717, 1.165) is 35.6 Å². The molecule has 1 aliphatic carbocycles. The molecule has 2 fully saturated rings. The number of hydrogen-bond acceptors (Lipinski definition) is 4. The molecule has 31 heavy (non-hydrogen) atoms. The zero-order valence-electron chi connectivity index (χ0n) is 18.4. The van der Waals surface area contributed by atoms with Gasteiger partial charge in [-0.2, -0.15) is 12.6 Å². The van der Waals surface area contributed by atoms with E-state index < -0.39 is 0 Å². The molecule has 2 aromatic rings. The van der Waals surface area contributed by atoms with E-state index >= 15 is 0 Å². The molecule has 0 spiro atoms. The fraction of sp³-hybridized carbons (Fsp3) is 0.538. The topological polar surface area (TPSA) is 27.7 Å². The number of ether oxygens (including phenoxy) is 3. The van der Waals surface area contributed by atoms with E-state index in [0.29, 0.717) is 30.5 Å². The summed E-state index contributed by atoms with van der Waals surface area (Å²) in [5.74, 6) is 1.36. The van der Waals surface area contributed by atoms with Crippen LogP contribution in [0, 0.1) is 5.92 Å². The van der Waals surface area contributed by atoms with Gasteiger partial charge < -0.3 is 14.2 Å². The molecule has 0 bridgehead atoms. The van der Waals surface area contributed by atoms with Crippen molar-refractivity contribution in [1.82, 2.24) is 0 Å². The van der Waals surface area contributed by atoms with E-state index in [1.807, 2.05) is 18.2 Å². The molecule has 168 valence electrons. The standard InChI is InChI=1S/C26H33ClO3S/c1-17(2)25-15-23(31)16-26(30-25)19-5-10-24(27)20(14-19)13-18-3-6-21(7-4-18)28-11-12-29-22-8-9-22/h3-7,10,14,17,22-23,25-26,31H,8-9,11-13,15-16H2,1-2H3/t23-,25?,26+/m0/s1. The largest absolute Gasteiger partial charge is 0.491 e. The van der Waals surface area contributed by atoms with Crippen molar-refractivity contribution in [3.05, 3.63) is 64.2 Å². The van der Waals surface area contributed by atoms with Crippen LogP contribution in [0.5, 0.6) is 5.75 Å². The zero-order valence-corrected chi connectivity index (χ0v) is 20.1. The Morgan fingerprint density at radius 2 is 1.84 bits per heavy atom. The number of hydrogen-bond donors (Lipinski definition) is 1. The quantitative estimate of drug-likeness (QED) is 0.334. The monoisotopic (exact) mass is 460 g/mol. The highest BCUT2D eigenvalue weighted by Gasteiger charge is 2.30. The van der Waals surface area contributed by atoms with Gasteiger partial charge in [-0.05, 0) is 72.9 Å².